The Kier molecular flexibility index (Phi) is 2.54. The fourth-order valence-corrected chi connectivity index (χ4v) is 2.56. The van der Waals surface area contributed by atoms with Crippen molar-refractivity contribution < 1.29 is 5.11 Å². The number of aromatic hydroxyl groups is 1. The molecule has 0 atom stereocenters. The molecule has 2 heterocycles. The third kappa shape index (κ3) is 1.45. The van der Waals surface area contributed by atoms with Gasteiger partial charge in [-0.3, -0.25) is 9.20 Å². The predicted octanol–water partition coefficient (Wildman–Crippen LogP) is 2.48. The van der Waals surface area contributed by atoms with Crippen LogP contribution in [0.15, 0.2) is 29.1 Å². The number of H-pyrrole nitrogens is 1. The van der Waals surface area contributed by atoms with E-state index in [-0.39, 0.29) is 28.4 Å². The summed E-state index contributed by atoms with van der Waals surface area (Å²) in [5.74, 6) is -0.390. The highest BCUT2D eigenvalue weighted by Crippen LogP contribution is 2.29. The second-order valence-electron chi connectivity index (χ2n) is 5.04. The first-order valence-corrected chi connectivity index (χ1v) is 6.34. The first-order chi connectivity index (χ1) is 9.56. The van der Waals surface area contributed by atoms with Gasteiger partial charge in [0, 0.05) is 0 Å². The molecule has 0 aliphatic carbocycles. The number of benzene rings is 1. The quantitative estimate of drug-likeness (QED) is 0.710. The Morgan fingerprint density at radius 2 is 2.05 bits per heavy atom. The summed E-state index contributed by atoms with van der Waals surface area (Å²) < 4.78 is 1.46. The normalized spacial score (nSPS) is 11.3. The molecular weight excluding hydrogens is 254 g/mol. The van der Waals surface area contributed by atoms with E-state index in [0.29, 0.717) is 11.2 Å². The lowest BCUT2D eigenvalue weighted by Gasteiger charge is -2.10. The lowest BCUT2D eigenvalue weighted by molar-refractivity contribution is 0.461. The average molecular weight is 267 g/mol. The summed E-state index contributed by atoms with van der Waals surface area (Å²) in [6, 6.07) is 9.29. The van der Waals surface area contributed by atoms with Crippen molar-refractivity contribution in [1.29, 1.82) is 5.26 Å². The third-order valence-corrected chi connectivity index (χ3v) is 3.47. The molecule has 5 nitrogen and oxygen atoms in total. The molecule has 5 heteroatoms. The summed E-state index contributed by atoms with van der Waals surface area (Å²) in [6.07, 6.45) is 0. The summed E-state index contributed by atoms with van der Waals surface area (Å²) in [7, 11) is 0. The molecule has 2 N–H and O–H groups in total. The first-order valence-electron chi connectivity index (χ1n) is 6.34. The zero-order valence-corrected chi connectivity index (χ0v) is 11.1. The van der Waals surface area contributed by atoms with Crippen LogP contribution in [0, 0.1) is 11.3 Å². The molecule has 0 saturated heterocycles. The Morgan fingerprint density at radius 3 is 2.70 bits per heavy atom. The molecule has 0 bridgehead atoms. The maximum atomic E-state index is 12.6. The Bertz CT molecular complexity index is 926. The largest absolute Gasteiger partial charge is 0.506 e. The van der Waals surface area contributed by atoms with E-state index < -0.39 is 0 Å². The van der Waals surface area contributed by atoms with Crippen molar-refractivity contribution >= 4 is 16.7 Å². The Hall–Kier alpha value is -2.74. The SMILES string of the molecule is CC(C)c1c(O)c(C#N)c2[nH]c3ccccc3n2c1=O. The Labute approximate surface area is 114 Å². The van der Waals surface area contributed by atoms with Crippen molar-refractivity contribution in [2.24, 2.45) is 0 Å². The van der Waals surface area contributed by atoms with E-state index in [9.17, 15) is 15.2 Å². The van der Waals surface area contributed by atoms with Gasteiger partial charge >= 0.3 is 0 Å². The maximum Gasteiger partial charge on any atom is 0.264 e. The van der Waals surface area contributed by atoms with Crippen LogP contribution in [0.5, 0.6) is 5.75 Å². The summed E-state index contributed by atoms with van der Waals surface area (Å²) in [4.78, 5) is 15.6. The van der Waals surface area contributed by atoms with E-state index in [1.54, 1.807) is 0 Å². The van der Waals surface area contributed by atoms with Crippen LogP contribution in [0.3, 0.4) is 0 Å². The molecule has 1 aromatic carbocycles. The van der Waals surface area contributed by atoms with Gasteiger partial charge < -0.3 is 10.1 Å². The number of hydrogen-bond acceptors (Lipinski definition) is 3. The van der Waals surface area contributed by atoms with E-state index in [1.807, 2.05) is 44.2 Å². The minimum absolute atomic E-state index is 0.101. The number of fused-ring (bicyclic) bond motifs is 3. The van der Waals surface area contributed by atoms with Gasteiger partial charge in [0.15, 0.2) is 0 Å². The molecular formula is C15H13N3O2. The number of rotatable bonds is 1. The van der Waals surface area contributed by atoms with Crippen LogP contribution in [0.25, 0.3) is 16.7 Å². The number of pyridine rings is 1. The number of hydrogen-bond donors (Lipinski definition) is 2. The van der Waals surface area contributed by atoms with Crippen LogP contribution in [0.2, 0.25) is 0 Å². The van der Waals surface area contributed by atoms with Gasteiger partial charge in [0.2, 0.25) is 0 Å². The van der Waals surface area contributed by atoms with Gasteiger partial charge in [0.25, 0.3) is 5.56 Å². The number of imidazole rings is 1. The molecule has 0 aliphatic rings. The molecule has 3 aromatic rings. The summed E-state index contributed by atoms with van der Waals surface area (Å²) in [5, 5.41) is 19.5. The summed E-state index contributed by atoms with van der Waals surface area (Å²) in [5.41, 5.74) is 1.87. The van der Waals surface area contributed by atoms with E-state index in [1.165, 1.54) is 4.40 Å². The van der Waals surface area contributed by atoms with Crippen LogP contribution < -0.4 is 5.56 Å². The van der Waals surface area contributed by atoms with Gasteiger partial charge in [0.05, 0.1) is 16.6 Å². The van der Waals surface area contributed by atoms with Crippen LogP contribution >= 0.6 is 0 Å². The van der Waals surface area contributed by atoms with Gasteiger partial charge in [-0.05, 0) is 18.1 Å². The highest BCUT2D eigenvalue weighted by Gasteiger charge is 2.22. The molecule has 3 rings (SSSR count). The van der Waals surface area contributed by atoms with Gasteiger partial charge in [-0.2, -0.15) is 5.26 Å². The van der Waals surface area contributed by atoms with Gasteiger partial charge in [-0.1, -0.05) is 26.0 Å². The number of nitrogens with zero attached hydrogens (tertiary/aromatic N) is 2. The van der Waals surface area contributed by atoms with Crippen molar-refractivity contribution in [2.45, 2.75) is 19.8 Å². The van der Waals surface area contributed by atoms with Gasteiger partial charge in [-0.25, -0.2) is 0 Å². The summed E-state index contributed by atoms with van der Waals surface area (Å²) in [6.45, 7) is 3.64. The molecule has 100 valence electrons. The molecule has 0 aliphatic heterocycles. The fourth-order valence-electron chi connectivity index (χ4n) is 2.56. The molecule has 20 heavy (non-hydrogen) atoms. The zero-order chi connectivity index (χ0) is 14.4. The van der Waals surface area contributed by atoms with E-state index in [0.717, 1.165) is 5.52 Å². The topological polar surface area (TPSA) is 81.3 Å². The lowest BCUT2D eigenvalue weighted by atomic mass is 10.0. The van der Waals surface area contributed by atoms with Crippen molar-refractivity contribution in [3.05, 3.63) is 45.7 Å². The standard InChI is InChI=1S/C15H13N3O2/c1-8(2)12-13(19)9(7-16)14-17-10-5-3-4-6-11(10)18(14)15(12)20/h3-6,8,17,19H,1-2H3. The second kappa shape index (κ2) is 4.14. The van der Waals surface area contributed by atoms with E-state index in [4.69, 9.17) is 0 Å². The average Bonchev–Trinajstić information content (AvgIpc) is 2.78. The number of aromatic nitrogens is 2. The highest BCUT2D eigenvalue weighted by atomic mass is 16.3. The number of nitrogens with one attached hydrogen (secondary N) is 1. The molecule has 0 amide bonds. The van der Waals surface area contributed by atoms with E-state index >= 15 is 0 Å². The predicted molar refractivity (Wildman–Crippen MR) is 76.0 cm³/mol. The number of para-hydroxylation sites is 2. The second-order valence-corrected chi connectivity index (χ2v) is 5.04. The molecule has 2 aromatic heterocycles. The van der Waals surface area contributed by atoms with Crippen LogP contribution in [0.4, 0.5) is 0 Å². The van der Waals surface area contributed by atoms with Crippen molar-refractivity contribution in [3.63, 3.8) is 0 Å². The molecule has 0 unspecified atom stereocenters. The lowest BCUT2D eigenvalue weighted by Crippen LogP contribution is -2.20. The molecule has 0 fully saturated rings. The number of nitriles is 1. The smallest absolute Gasteiger partial charge is 0.264 e. The van der Waals surface area contributed by atoms with Crippen LogP contribution in [-0.4, -0.2) is 14.5 Å². The monoisotopic (exact) mass is 267 g/mol. The Balaban J connectivity index is 2.67. The molecule has 0 spiro atoms. The van der Waals surface area contributed by atoms with E-state index in [2.05, 4.69) is 4.98 Å². The van der Waals surface area contributed by atoms with Gasteiger partial charge in [-0.15, -0.1) is 0 Å². The number of aromatic amines is 1. The maximum absolute atomic E-state index is 12.6. The first kappa shape index (κ1) is 12.3. The third-order valence-electron chi connectivity index (χ3n) is 3.47. The fraction of sp³-hybridized carbons (Fsp3) is 0.200. The van der Waals surface area contributed by atoms with Crippen LogP contribution in [0.1, 0.15) is 30.9 Å². The van der Waals surface area contributed by atoms with Crippen molar-refractivity contribution in [3.8, 4) is 11.8 Å². The Morgan fingerprint density at radius 1 is 1.35 bits per heavy atom. The minimum Gasteiger partial charge on any atom is -0.506 e. The molecule has 0 saturated carbocycles. The highest BCUT2D eigenvalue weighted by molar-refractivity contribution is 5.83. The van der Waals surface area contributed by atoms with Crippen molar-refractivity contribution in [1.82, 2.24) is 9.38 Å². The minimum atomic E-state index is -0.288. The summed E-state index contributed by atoms with van der Waals surface area (Å²) >= 11 is 0. The van der Waals surface area contributed by atoms with Gasteiger partial charge in [0.1, 0.15) is 23.0 Å². The van der Waals surface area contributed by atoms with Crippen molar-refractivity contribution in [2.75, 3.05) is 0 Å². The molecule has 0 radical (unpaired) electrons. The zero-order valence-electron chi connectivity index (χ0n) is 11.1. The van der Waals surface area contributed by atoms with Crippen LogP contribution in [-0.2, 0) is 0 Å².